The van der Waals surface area contributed by atoms with Crippen LogP contribution >= 0.6 is 0 Å². The lowest BCUT2D eigenvalue weighted by Gasteiger charge is -2.09. The fourth-order valence-corrected chi connectivity index (χ4v) is 1.70. The topological polar surface area (TPSA) is 90.2 Å². The van der Waals surface area contributed by atoms with Crippen LogP contribution in [0.4, 0.5) is 0 Å². The highest BCUT2D eigenvalue weighted by Crippen LogP contribution is 1.91. The van der Waals surface area contributed by atoms with Crippen molar-refractivity contribution in [2.75, 3.05) is 6.54 Å². The number of nitrogens with one attached hydrogen (secondary N) is 1. The summed E-state index contributed by atoms with van der Waals surface area (Å²) in [5.41, 5.74) is -1.37. The van der Waals surface area contributed by atoms with Crippen molar-refractivity contribution in [3.63, 3.8) is 0 Å². The van der Waals surface area contributed by atoms with Gasteiger partial charge in [-0.25, -0.2) is 4.79 Å². The maximum absolute atomic E-state index is 11.9. The molecule has 0 aliphatic heterocycles. The molecule has 20 heavy (non-hydrogen) atoms. The summed E-state index contributed by atoms with van der Waals surface area (Å²) in [4.78, 5) is 46.6. The monoisotopic (exact) mass is 281 g/mol. The highest BCUT2D eigenvalue weighted by molar-refractivity contribution is 5.93. The Morgan fingerprint density at radius 1 is 1.30 bits per heavy atom. The molecule has 0 radical (unpaired) electrons. The number of carbonyl (C=O) groups is 2. The molecule has 0 aliphatic rings. The fraction of sp³-hybridized carbons (Fsp3) is 0.538. The van der Waals surface area contributed by atoms with E-state index in [4.69, 9.17) is 0 Å². The average Bonchev–Trinajstić information content (AvgIpc) is 2.39. The molecule has 0 unspecified atom stereocenters. The number of hydrogen-bond acceptors (Lipinski definition) is 4. The molecule has 1 aromatic heterocycles. The van der Waals surface area contributed by atoms with Crippen molar-refractivity contribution < 1.29 is 9.59 Å². The van der Waals surface area contributed by atoms with Gasteiger partial charge in [0.25, 0.3) is 5.56 Å². The maximum Gasteiger partial charge on any atom is 0.331 e. The van der Waals surface area contributed by atoms with Gasteiger partial charge >= 0.3 is 5.69 Å². The summed E-state index contributed by atoms with van der Waals surface area (Å²) in [6.45, 7) is 3.57. The third-order valence-corrected chi connectivity index (χ3v) is 2.90. The van der Waals surface area contributed by atoms with Gasteiger partial charge in [-0.3, -0.25) is 23.5 Å². The number of unbranched alkanes of at least 4 members (excludes halogenated alkanes) is 1. The standard InChI is InChI=1S/C13H19N3O4/c1-4-5-6-14-11(18)8-16-7-10(9(2)17)12(19)15(3)13(16)20/h7H,4-6,8H2,1-3H3,(H,14,18). The minimum Gasteiger partial charge on any atom is -0.355 e. The van der Waals surface area contributed by atoms with Crippen LogP contribution in [0.5, 0.6) is 0 Å². The van der Waals surface area contributed by atoms with E-state index in [0.29, 0.717) is 6.54 Å². The molecular formula is C13H19N3O4. The zero-order valence-corrected chi connectivity index (χ0v) is 11.9. The summed E-state index contributed by atoms with van der Waals surface area (Å²) in [7, 11) is 1.28. The molecule has 1 amide bonds. The number of carbonyl (C=O) groups excluding carboxylic acids is 2. The SMILES string of the molecule is CCCCNC(=O)Cn1cc(C(C)=O)c(=O)n(C)c1=O. The molecule has 1 rings (SSSR count). The van der Waals surface area contributed by atoms with Crippen LogP contribution in [0.2, 0.25) is 0 Å². The van der Waals surface area contributed by atoms with Gasteiger partial charge in [0.1, 0.15) is 6.54 Å². The summed E-state index contributed by atoms with van der Waals surface area (Å²) < 4.78 is 1.90. The third kappa shape index (κ3) is 3.66. The number of nitrogens with zero attached hydrogens (tertiary/aromatic N) is 2. The first-order valence-corrected chi connectivity index (χ1v) is 6.46. The number of hydrogen-bond donors (Lipinski definition) is 1. The van der Waals surface area contributed by atoms with E-state index in [1.807, 2.05) is 6.92 Å². The van der Waals surface area contributed by atoms with Gasteiger partial charge < -0.3 is 5.32 Å². The fourth-order valence-electron chi connectivity index (χ4n) is 1.70. The van der Waals surface area contributed by atoms with E-state index in [-0.39, 0.29) is 18.0 Å². The van der Waals surface area contributed by atoms with E-state index in [2.05, 4.69) is 5.32 Å². The third-order valence-electron chi connectivity index (χ3n) is 2.90. The van der Waals surface area contributed by atoms with Gasteiger partial charge in [0, 0.05) is 19.8 Å². The van der Waals surface area contributed by atoms with Crippen molar-refractivity contribution in [3.8, 4) is 0 Å². The van der Waals surface area contributed by atoms with Crippen molar-refractivity contribution in [1.82, 2.24) is 14.5 Å². The van der Waals surface area contributed by atoms with E-state index in [1.54, 1.807) is 0 Å². The Kier molecular flexibility index (Phi) is 5.42. The van der Waals surface area contributed by atoms with Crippen molar-refractivity contribution in [2.45, 2.75) is 33.2 Å². The van der Waals surface area contributed by atoms with Gasteiger partial charge in [-0.2, -0.15) is 0 Å². The number of aromatic nitrogens is 2. The summed E-state index contributed by atoms with van der Waals surface area (Å²) >= 11 is 0. The van der Waals surface area contributed by atoms with Crippen molar-refractivity contribution in [3.05, 3.63) is 32.6 Å². The molecule has 0 saturated heterocycles. The zero-order chi connectivity index (χ0) is 15.3. The van der Waals surface area contributed by atoms with E-state index < -0.39 is 17.0 Å². The zero-order valence-electron chi connectivity index (χ0n) is 11.9. The van der Waals surface area contributed by atoms with Crippen LogP contribution in [0.25, 0.3) is 0 Å². The molecule has 0 bridgehead atoms. The Labute approximate surface area is 116 Å². The number of amides is 1. The molecule has 0 aromatic carbocycles. The van der Waals surface area contributed by atoms with Crippen molar-refractivity contribution in [2.24, 2.45) is 7.05 Å². The van der Waals surface area contributed by atoms with Gasteiger partial charge in [-0.05, 0) is 13.3 Å². The quantitative estimate of drug-likeness (QED) is 0.571. The molecule has 0 saturated carbocycles. The molecule has 1 heterocycles. The van der Waals surface area contributed by atoms with E-state index in [1.165, 1.54) is 14.0 Å². The van der Waals surface area contributed by atoms with Crippen LogP contribution in [0.1, 0.15) is 37.0 Å². The maximum atomic E-state index is 11.9. The van der Waals surface area contributed by atoms with E-state index in [9.17, 15) is 19.2 Å². The molecule has 7 nitrogen and oxygen atoms in total. The first-order chi connectivity index (χ1) is 9.38. The molecule has 0 spiro atoms. The summed E-state index contributed by atoms with van der Waals surface area (Å²) in [5, 5.41) is 2.67. The summed E-state index contributed by atoms with van der Waals surface area (Å²) in [6, 6.07) is 0. The van der Waals surface area contributed by atoms with Crippen LogP contribution < -0.4 is 16.6 Å². The minimum absolute atomic E-state index is 0.103. The van der Waals surface area contributed by atoms with Crippen molar-refractivity contribution >= 4 is 11.7 Å². The first-order valence-electron chi connectivity index (χ1n) is 6.46. The molecule has 110 valence electrons. The van der Waals surface area contributed by atoms with Gasteiger partial charge in [0.2, 0.25) is 5.91 Å². The molecule has 0 atom stereocenters. The Balaban J connectivity index is 3.02. The predicted octanol–water partition coefficient (Wildman–Crippen LogP) is -0.334. The molecule has 0 aliphatic carbocycles. The molecular weight excluding hydrogens is 262 g/mol. The lowest BCUT2D eigenvalue weighted by atomic mass is 10.2. The van der Waals surface area contributed by atoms with E-state index >= 15 is 0 Å². The summed E-state index contributed by atoms with van der Waals surface area (Å²) in [6.07, 6.45) is 2.95. The Hall–Kier alpha value is -2.18. The van der Waals surface area contributed by atoms with Gasteiger partial charge in [0.15, 0.2) is 5.78 Å². The largest absolute Gasteiger partial charge is 0.355 e. The Morgan fingerprint density at radius 2 is 1.95 bits per heavy atom. The highest BCUT2D eigenvalue weighted by Gasteiger charge is 2.13. The predicted molar refractivity (Wildman–Crippen MR) is 73.9 cm³/mol. The number of Topliss-reactive ketones (excluding diaryl/α,β-unsaturated/α-hetero) is 1. The normalized spacial score (nSPS) is 10.3. The minimum atomic E-state index is -0.648. The smallest absolute Gasteiger partial charge is 0.331 e. The lowest BCUT2D eigenvalue weighted by Crippen LogP contribution is -2.42. The van der Waals surface area contributed by atoms with Crippen LogP contribution in [0.3, 0.4) is 0 Å². The van der Waals surface area contributed by atoms with Crippen LogP contribution in [-0.4, -0.2) is 27.4 Å². The second-order valence-electron chi connectivity index (χ2n) is 4.58. The second-order valence-corrected chi connectivity index (χ2v) is 4.58. The number of ketones is 1. The molecule has 7 heteroatoms. The van der Waals surface area contributed by atoms with Gasteiger partial charge in [-0.15, -0.1) is 0 Å². The average molecular weight is 281 g/mol. The van der Waals surface area contributed by atoms with Crippen LogP contribution in [-0.2, 0) is 18.4 Å². The van der Waals surface area contributed by atoms with Gasteiger partial charge in [-0.1, -0.05) is 13.3 Å². The number of rotatable bonds is 6. The molecule has 1 aromatic rings. The Bertz CT molecular complexity index is 627. The molecule has 0 fully saturated rings. The second kappa shape index (κ2) is 6.83. The van der Waals surface area contributed by atoms with E-state index in [0.717, 1.165) is 28.2 Å². The Morgan fingerprint density at radius 3 is 2.50 bits per heavy atom. The van der Waals surface area contributed by atoms with Crippen LogP contribution in [0.15, 0.2) is 15.8 Å². The lowest BCUT2D eigenvalue weighted by molar-refractivity contribution is -0.121. The molecule has 1 N–H and O–H groups in total. The summed E-state index contributed by atoms with van der Waals surface area (Å²) in [5.74, 6) is -0.764. The van der Waals surface area contributed by atoms with Gasteiger partial charge in [0.05, 0.1) is 5.56 Å². The highest BCUT2D eigenvalue weighted by atomic mass is 16.2. The van der Waals surface area contributed by atoms with Crippen molar-refractivity contribution in [1.29, 1.82) is 0 Å². The van der Waals surface area contributed by atoms with Crippen LogP contribution in [0, 0.1) is 0 Å². The first kappa shape index (κ1) is 15.9.